The van der Waals surface area contributed by atoms with Crippen molar-refractivity contribution in [1.82, 2.24) is 0 Å². The molecule has 0 N–H and O–H groups in total. The molecule has 0 spiro atoms. The Labute approximate surface area is 122 Å². The smallest absolute Gasteiger partial charge is 0.194 e. The highest BCUT2D eigenvalue weighted by Gasteiger charge is 2.12. The fraction of sp³-hybridized carbons (Fsp3) is 0.235. The molecule has 2 aromatic carbocycles. The maximum absolute atomic E-state index is 12.4. The van der Waals surface area contributed by atoms with Crippen LogP contribution in [0.3, 0.4) is 0 Å². The van der Waals surface area contributed by atoms with Crippen molar-refractivity contribution < 1.29 is 4.79 Å². The molecule has 0 aliphatic heterocycles. The van der Waals surface area contributed by atoms with Crippen LogP contribution in [0.1, 0.15) is 40.4 Å². The van der Waals surface area contributed by atoms with Gasteiger partial charge in [-0.15, -0.1) is 0 Å². The number of carbonyl (C=O) groups excluding carboxylic acids is 1. The number of ketones is 1. The van der Waals surface area contributed by atoms with E-state index in [9.17, 15) is 4.79 Å². The molecule has 2 aromatic rings. The van der Waals surface area contributed by atoms with Crippen LogP contribution in [0.2, 0.25) is 0 Å². The molecule has 19 heavy (non-hydrogen) atoms. The zero-order valence-electron chi connectivity index (χ0n) is 11.2. The van der Waals surface area contributed by atoms with Crippen LogP contribution >= 0.6 is 15.9 Å². The molecule has 0 heterocycles. The lowest BCUT2D eigenvalue weighted by molar-refractivity contribution is 0.103. The lowest BCUT2D eigenvalue weighted by atomic mass is 10.00. The Hall–Kier alpha value is -1.41. The molecule has 0 aliphatic rings. The maximum Gasteiger partial charge on any atom is 0.194 e. The van der Waals surface area contributed by atoms with E-state index in [2.05, 4.69) is 22.9 Å². The van der Waals surface area contributed by atoms with Gasteiger partial charge in [-0.05, 0) is 36.6 Å². The second kappa shape index (κ2) is 6.16. The first kappa shape index (κ1) is 14.0. The van der Waals surface area contributed by atoms with Crippen molar-refractivity contribution in [2.24, 2.45) is 0 Å². The summed E-state index contributed by atoms with van der Waals surface area (Å²) in [7, 11) is 0. The zero-order chi connectivity index (χ0) is 13.8. The third-order valence-corrected chi connectivity index (χ3v) is 3.78. The summed E-state index contributed by atoms with van der Waals surface area (Å²) in [5.41, 5.74) is 3.88. The van der Waals surface area contributed by atoms with E-state index in [4.69, 9.17) is 0 Å². The van der Waals surface area contributed by atoms with E-state index in [1.54, 1.807) is 0 Å². The van der Waals surface area contributed by atoms with Gasteiger partial charge in [0.15, 0.2) is 5.78 Å². The highest BCUT2D eigenvalue weighted by molar-refractivity contribution is 9.10. The number of hydrogen-bond acceptors (Lipinski definition) is 1. The lowest BCUT2D eigenvalue weighted by Crippen LogP contribution is -2.02. The molecular formula is C17H17BrO. The molecule has 0 saturated carbocycles. The van der Waals surface area contributed by atoms with E-state index in [1.165, 1.54) is 5.56 Å². The largest absolute Gasteiger partial charge is 0.289 e. The Kier molecular flexibility index (Phi) is 4.54. The highest BCUT2D eigenvalue weighted by Crippen LogP contribution is 2.21. The van der Waals surface area contributed by atoms with Crippen molar-refractivity contribution in [1.29, 1.82) is 0 Å². The van der Waals surface area contributed by atoms with Gasteiger partial charge in [0.05, 0.1) is 0 Å². The number of benzene rings is 2. The Morgan fingerprint density at radius 2 is 1.79 bits per heavy atom. The summed E-state index contributed by atoms with van der Waals surface area (Å²) in [6.45, 7) is 4.17. The normalized spacial score (nSPS) is 10.5. The van der Waals surface area contributed by atoms with Crippen molar-refractivity contribution in [3.8, 4) is 0 Å². The minimum absolute atomic E-state index is 0.0647. The van der Waals surface area contributed by atoms with Gasteiger partial charge in [-0.1, -0.05) is 59.6 Å². The van der Waals surface area contributed by atoms with E-state index in [1.807, 2.05) is 49.4 Å². The van der Waals surface area contributed by atoms with Gasteiger partial charge >= 0.3 is 0 Å². The van der Waals surface area contributed by atoms with Crippen molar-refractivity contribution in [3.05, 3.63) is 69.2 Å². The van der Waals surface area contributed by atoms with Crippen LogP contribution in [0.15, 0.2) is 46.9 Å². The van der Waals surface area contributed by atoms with Crippen LogP contribution in [0.25, 0.3) is 0 Å². The van der Waals surface area contributed by atoms with Gasteiger partial charge in [0, 0.05) is 15.6 Å². The van der Waals surface area contributed by atoms with E-state index in [-0.39, 0.29) is 5.78 Å². The number of aryl methyl sites for hydroxylation is 2. The molecule has 0 radical (unpaired) electrons. The first-order valence-electron chi connectivity index (χ1n) is 6.51. The van der Waals surface area contributed by atoms with Crippen molar-refractivity contribution in [2.45, 2.75) is 26.7 Å². The fourth-order valence-electron chi connectivity index (χ4n) is 2.07. The Balaban J connectivity index is 2.28. The molecule has 0 fully saturated rings. The Morgan fingerprint density at radius 1 is 1.11 bits per heavy atom. The number of halogens is 1. The Morgan fingerprint density at radius 3 is 2.37 bits per heavy atom. The van der Waals surface area contributed by atoms with Gasteiger partial charge in [-0.3, -0.25) is 4.79 Å². The predicted molar refractivity (Wildman–Crippen MR) is 82.7 cm³/mol. The van der Waals surface area contributed by atoms with E-state index < -0.39 is 0 Å². The average molecular weight is 317 g/mol. The lowest BCUT2D eigenvalue weighted by Gasteiger charge is -2.06. The van der Waals surface area contributed by atoms with Gasteiger partial charge in [0.1, 0.15) is 0 Å². The number of rotatable bonds is 4. The molecule has 0 unspecified atom stereocenters. The summed E-state index contributed by atoms with van der Waals surface area (Å²) in [6.07, 6.45) is 2.18. The second-order valence-electron chi connectivity index (χ2n) is 4.76. The SMILES string of the molecule is CCCc1ccc(C(=O)c2ccc(C)cc2Br)cc1. The molecule has 2 heteroatoms. The van der Waals surface area contributed by atoms with Crippen molar-refractivity contribution >= 4 is 21.7 Å². The molecular weight excluding hydrogens is 300 g/mol. The van der Waals surface area contributed by atoms with Gasteiger partial charge in [0.2, 0.25) is 0 Å². The summed E-state index contributed by atoms with van der Waals surface area (Å²) < 4.78 is 0.857. The molecule has 0 atom stereocenters. The fourth-order valence-corrected chi connectivity index (χ4v) is 2.74. The van der Waals surface area contributed by atoms with Crippen LogP contribution < -0.4 is 0 Å². The van der Waals surface area contributed by atoms with Crippen LogP contribution in [-0.4, -0.2) is 5.78 Å². The van der Waals surface area contributed by atoms with Crippen LogP contribution in [-0.2, 0) is 6.42 Å². The van der Waals surface area contributed by atoms with Crippen molar-refractivity contribution in [3.63, 3.8) is 0 Å². The molecule has 0 saturated heterocycles. The summed E-state index contributed by atoms with van der Waals surface area (Å²) in [6, 6.07) is 13.7. The quantitative estimate of drug-likeness (QED) is 0.730. The molecule has 98 valence electrons. The molecule has 0 aromatic heterocycles. The monoisotopic (exact) mass is 316 g/mol. The third kappa shape index (κ3) is 3.32. The molecule has 2 rings (SSSR count). The predicted octanol–water partition coefficient (Wildman–Crippen LogP) is 4.94. The van der Waals surface area contributed by atoms with Crippen LogP contribution in [0.5, 0.6) is 0 Å². The maximum atomic E-state index is 12.4. The standard InChI is InChI=1S/C17H17BrO/c1-3-4-13-6-8-14(9-7-13)17(19)15-10-5-12(2)11-16(15)18/h5-11H,3-4H2,1-2H3. The molecule has 0 bridgehead atoms. The summed E-state index contributed by atoms with van der Waals surface area (Å²) in [4.78, 5) is 12.4. The van der Waals surface area contributed by atoms with Gasteiger partial charge in [-0.25, -0.2) is 0 Å². The summed E-state index contributed by atoms with van der Waals surface area (Å²) in [5, 5.41) is 0. The van der Waals surface area contributed by atoms with Gasteiger partial charge in [0.25, 0.3) is 0 Å². The van der Waals surface area contributed by atoms with Crippen molar-refractivity contribution in [2.75, 3.05) is 0 Å². The van der Waals surface area contributed by atoms with Gasteiger partial charge in [-0.2, -0.15) is 0 Å². The number of carbonyl (C=O) groups is 1. The third-order valence-electron chi connectivity index (χ3n) is 3.12. The van der Waals surface area contributed by atoms with E-state index in [0.29, 0.717) is 5.56 Å². The zero-order valence-corrected chi connectivity index (χ0v) is 12.8. The summed E-state index contributed by atoms with van der Waals surface area (Å²) >= 11 is 3.46. The highest BCUT2D eigenvalue weighted by atomic mass is 79.9. The minimum Gasteiger partial charge on any atom is -0.289 e. The Bertz CT molecular complexity index is 585. The first-order valence-corrected chi connectivity index (χ1v) is 7.31. The minimum atomic E-state index is 0.0647. The van der Waals surface area contributed by atoms with Crippen LogP contribution in [0, 0.1) is 6.92 Å². The second-order valence-corrected chi connectivity index (χ2v) is 5.61. The van der Waals surface area contributed by atoms with Gasteiger partial charge < -0.3 is 0 Å². The van der Waals surface area contributed by atoms with E-state index in [0.717, 1.165) is 28.4 Å². The summed E-state index contributed by atoms with van der Waals surface area (Å²) in [5.74, 6) is 0.0647. The molecule has 0 amide bonds. The number of hydrogen-bond donors (Lipinski definition) is 0. The average Bonchev–Trinajstić information content (AvgIpc) is 2.39. The van der Waals surface area contributed by atoms with E-state index >= 15 is 0 Å². The first-order chi connectivity index (χ1) is 9.11. The topological polar surface area (TPSA) is 17.1 Å². The molecule has 1 nitrogen and oxygen atoms in total. The van der Waals surface area contributed by atoms with Crippen LogP contribution in [0.4, 0.5) is 0 Å². The molecule has 0 aliphatic carbocycles.